The summed E-state index contributed by atoms with van der Waals surface area (Å²) >= 11 is 0. The predicted molar refractivity (Wildman–Crippen MR) is 110 cm³/mol. The molecule has 2 heterocycles. The molecule has 0 spiro atoms. The van der Waals surface area contributed by atoms with Crippen LogP contribution in [0.3, 0.4) is 0 Å². The summed E-state index contributed by atoms with van der Waals surface area (Å²) in [4.78, 5) is 27.6. The van der Waals surface area contributed by atoms with Crippen molar-refractivity contribution >= 4 is 17.4 Å². The van der Waals surface area contributed by atoms with Gasteiger partial charge in [-0.25, -0.2) is 0 Å². The number of benzene rings is 2. The number of amides is 1. The number of furan rings is 1. The third-order valence-corrected chi connectivity index (χ3v) is 5.15. The molecule has 0 saturated carbocycles. The van der Waals surface area contributed by atoms with Gasteiger partial charge in [-0.05, 0) is 41.3 Å². The molecule has 1 aliphatic heterocycles. The van der Waals surface area contributed by atoms with E-state index in [1.165, 1.54) is 17.2 Å². The van der Waals surface area contributed by atoms with E-state index in [-0.39, 0.29) is 11.3 Å². The van der Waals surface area contributed by atoms with Gasteiger partial charge in [0.15, 0.2) is 11.5 Å². The number of aliphatic hydroxyl groups excluding tert-OH is 1. The van der Waals surface area contributed by atoms with Crippen LogP contribution in [0.25, 0.3) is 0 Å². The Hall–Kier alpha value is -3.60. The summed E-state index contributed by atoms with van der Waals surface area (Å²) in [5.74, 6) is -1.22. The lowest BCUT2D eigenvalue weighted by atomic mass is 9.94. The van der Waals surface area contributed by atoms with E-state index in [9.17, 15) is 14.7 Å². The topological polar surface area (TPSA) is 70.8 Å². The van der Waals surface area contributed by atoms with E-state index < -0.39 is 23.5 Å². The SMILES string of the molecule is CC(C)c1ccc(N2C(=O)C(O)=C(C(=O)c3ccco3)C2c2ccccc2)cc1. The van der Waals surface area contributed by atoms with Crippen molar-refractivity contribution in [2.75, 3.05) is 4.90 Å². The Bertz CT molecular complexity index is 1060. The highest BCUT2D eigenvalue weighted by Gasteiger charge is 2.45. The summed E-state index contributed by atoms with van der Waals surface area (Å²) in [6.07, 6.45) is 1.39. The number of carbonyl (C=O) groups excluding carboxylic acids is 2. The van der Waals surface area contributed by atoms with Crippen molar-refractivity contribution in [1.29, 1.82) is 0 Å². The monoisotopic (exact) mass is 387 g/mol. The number of carbonyl (C=O) groups is 2. The second-order valence-corrected chi connectivity index (χ2v) is 7.30. The van der Waals surface area contributed by atoms with Crippen LogP contribution in [0, 0.1) is 0 Å². The minimum atomic E-state index is -0.744. The third-order valence-electron chi connectivity index (χ3n) is 5.15. The zero-order chi connectivity index (χ0) is 20.5. The number of nitrogens with zero attached hydrogens (tertiary/aromatic N) is 1. The first-order valence-electron chi connectivity index (χ1n) is 9.49. The highest BCUT2D eigenvalue weighted by atomic mass is 16.3. The van der Waals surface area contributed by atoms with Crippen molar-refractivity contribution in [3.8, 4) is 0 Å². The Balaban J connectivity index is 1.83. The molecule has 0 fully saturated rings. The lowest BCUT2D eigenvalue weighted by Crippen LogP contribution is -2.31. The van der Waals surface area contributed by atoms with Gasteiger partial charge in [-0.15, -0.1) is 0 Å². The van der Waals surface area contributed by atoms with E-state index in [0.29, 0.717) is 11.6 Å². The number of hydrogen-bond donors (Lipinski definition) is 1. The maximum absolute atomic E-state index is 13.1. The molecule has 29 heavy (non-hydrogen) atoms. The molecule has 0 bridgehead atoms. The summed E-state index contributed by atoms with van der Waals surface area (Å²) in [6, 6.07) is 19.2. The largest absolute Gasteiger partial charge is 0.503 e. The smallest absolute Gasteiger partial charge is 0.294 e. The van der Waals surface area contributed by atoms with Crippen LogP contribution in [-0.4, -0.2) is 16.8 Å². The standard InChI is InChI=1S/C24H21NO4/c1-15(2)16-10-12-18(13-11-16)25-21(17-7-4-3-5-8-17)20(23(27)24(25)28)22(26)19-9-6-14-29-19/h3-15,21,27H,1-2H3. The fourth-order valence-corrected chi connectivity index (χ4v) is 3.61. The van der Waals surface area contributed by atoms with Crippen LogP contribution in [0.4, 0.5) is 5.69 Å². The van der Waals surface area contributed by atoms with Crippen molar-refractivity contribution in [2.45, 2.75) is 25.8 Å². The summed E-state index contributed by atoms with van der Waals surface area (Å²) in [6.45, 7) is 4.19. The zero-order valence-electron chi connectivity index (χ0n) is 16.2. The van der Waals surface area contributed by atoms with Crippen molar-refractivity contribution in [1.82, 2.24) is 0 Å². The molecular formula is C24H21NO4. The van der Waals surface area contributed by atoms with E-state index in [2.05, 4.69) is 13.8 Å². The predicted octanol–water partition coefficient (Wildman–Crippen LogP) is 5.19. The Kier molecular flexibility index (Phi) is 4.80. The number of rotatable bonds is 5. The van der Waals surface area contributed by atoms with Crippen molar-refractivity contribution in [3.63, 3.8) is 0 Å². The van der Waals surface area contributed by atoms with Crippen molar-refractivity contribution < 1.29 is 19.1 Å². The average molecular weight is 387 g/mol. The van der Waals surface area contributed by atoms with Gasteiger partial charge < -0.3 is 9.52 Å². The lowest BCUT2D eigenvalue weighted by molar-refractivity contribution is -0.117. The van der Waals surface area contributed by atoms with Crippen molar-refractivity contribution in [2.24, 2.45) is 0 Å². The van der Waals surface area contributed by atoms with E-state index in [1.54, 1.807) is 6.07 Å². The van der Waals surface area contributed by atoms with Gasteiger partial charge in [0.25, 0.3) is 5.91 Å². The van der Waals surface area contributed by atoms with Gasteiger partial charge in [-0.3, -0.25) is 14.5 Å². The van der Waals surface area contributed by atoms with Crippen LogP contribution in [0.15, 0.2) is 88.7 Å². The molecule has 0 aliphatic carbocycles. The Morgan fingerprint density at radius 3 is 2.28 bits per heavy atom. The molecule has 5 heteroatoms. The van der Waals surface area contributed by atoms with E-state index in [1.807, 2.05) is 54.6 Å². The molecular weight excluding hydrogens is 366 g/mol. The molecule has 1 atom stereocenters. The highest BCUT2D eigenvalue weighted by molar-refractivity contribution is 6.20. The minimum Gasteiger partial charge on any atom is -0.503 e. The third kappa shape index (κ3) is 3.25. The van der Waals surface area contributed by atoms with Gasteiger partial charge in [0, 0.05) is 5.69 Å². The van der Waals surface area contributed by atoms with Gasteiger partial charge >= 0.3 is 0 Å². The molecule has 4 rings (SSSR count). The molecule has 0 radical (unpaired) electrons. The summed E-state index contributed by atoms with van der Waals surface area (Å²) in [5, 5.41) is 10.7. The second-order valence-electron chi connectivity index (χ2n) is 7.30. The Morgan fingerprint density at radius 1 is 1.00 bits per heavy atom. The fourth-order valence-electron chi connectivity index (χ4n) is 3.61. The molecule has 1 amide bonds. The maximum Gasteiger partial charge on any atom is 0.294 e. The fraction of sp³-hybridized carbons (Fsp3) is 0.167. The van der Waals surface area contributed by atoms with Crippen LogP contribution in [0.5, 0.6) is 0 Å². The Morgan fingerprint density at radius 2 is 1.69 bits per heavy atom. The summed E-state index contributed by atoms with van der Waals surface area (Å²) in [5.41, 5.74) is 2.50. The number of Topliss-reactive ketones (excluding diaryl/α,β-unsaturated/α-hetero) is 1. The van der Waals surface area contributed by atoms with E-state index in [4.69, 9.17) is 4.42 Å². The first kappa shape index (κ1) is 18.7. The lowest BCUT2D eigenvalue weighted by Gasteiger charge is -2.27. The van der Waals surface area contributed by atoms with E-state index >= 15 is 0 Å². The molecule has 1 N–H and O–H groups in total. The molecule has 146 valence electrons. The first-order chi connectivity index (χ1) is 14.0. The summed E-state index contributed by atoms with van der Waals surface area (Å²) in [7, 11) is 0. The molecule has 1 aromatic heterocycles. The van der Waals surface area contributed by atoms with E-state index in [0.717, 1.165) is 11.1 Å². The summed E-state index contributed by atoms with van der Waals surface area (Å²) < 4.78 is 5.23. The minimum absolute atomic E-state index is 0.0177. The highest BCUT2D eigenvalue weighted by Crippen LogP contribution is 2.42. The molecule has 2 aromatic carbocycles. The van der Waals surface area contributed by atoms with Crippen LogP contribution in [-0.2, 0) is 4.79 Å². The molecule has 3 aromatic rings. The van der Waals surface area contributed by atoms with Crippen LogP contribution < -0.4 is 4.90 Å². The number of hydrogen-bond acceptors (Lipinski definition) is 4. The second kappa shape index (κ2) is 7.43. The van der Waals surface area contributed by atoms with Gasteiger partial charge in [-0.1, -0.05) is 56.3 Å². The van der Waals surface area contributed by atoms with Gasteiger partial charge in [0.1, 0.15) is 0 Å². The van der Waals surface area contributed by atoms with Crippen LogP contribution >= 0.6 is 0 Å². The first-order valence-corrected chi connectivity index (χ1v) is 9.49. The molecule has 1 aliphatic rings. The van der Waals surface area contributed by atoms with Gasteiger partial charge in [0.2, 0.25) is 5.78 Å². The zero-order valence-corrected chi connectivity index (χ0v) is 16.2. The van der Waals surface area contributed by atoms with Gasteiger partial charge in [-0.2, -0.15) is 0 Å². The van der Waals surface area contributed by atoms with Gasteiger partial charge in [0.05, 0.1) is 17.9 Å². The number of anilines is 1. The maximum atomic E-state index is 13.1. The Labute approximate surface area is 168 Å². The number of ketones is 1. The average Bonchev–Trinajstić information content (AvgIpc) is 3.36. The van der Waals surface area contributed by atoms with Crippen LogP contribution in [0.1, 0.15) is 47.5 Å². The van der Waals surface area contributed by atoms with Crippen molar-refractivity contribution in [3.05, 3.63) is 101 Å². The molecule has 1 unspecified atom stereocenters. The molecule has 5 nitrogen and oxygen atoms in total. The van der Waals surface area contributed by atoms with Crippen LogP contribution in [0.2, 0.25) is 0 Å². The quantitative estimate of drug-likeness (QED) is 0.612. The normalized spacial score (nSPS) is 16.7. The number of aliphatic hydroxyl groups is 1. The molecule has 0 saturated heterocycles.